The topological polar surface area (TPSA) is 50.4 Å². The Morgan fingerprint density at radius 2 is 2.11 bits per heavy atom. The Hall–Kier alpha value is -1.55. The summed E-state index contributed by atoms with van der Waals surface area (Å²) in [6.07, 6.45) is 0.484. The molecule has 0 spiro atoms. The molecule has 106 valence electrons. The van der Waals surface area contributed by atoms with E-state index >= 15 is 0 Å². The number of hydrogen-bond donors (Lipinski definition) is 2. The molecule has 4 nitrogen and oxygen atoms in total. The number of hydrogen-bond acceptors (Lipinski definition) is 3. The van der Waals surface area contributed by atoms with Crippen molar-refractivity contribution in [3.63, 3.8) is 0 Å². The lowest BCUT2D eigenvalue weighted by Crippen LogP contribution is -2.22. The van der Waals surface area contributed by atoms with Crippen LogP contribution in [0, 0.1) is 6.92 Å². The molecule has 0 aliphatic rings. The standard InChI is InChI=1S/C15H24N2O2/c1-5-15(18)17-13-8-7-11(3)14(9-13)16-12(4)10-19-6-2/h7-9,12,16H,5-6,10H2,1-4H3,(H,17,18). The highest BCUT2D eigenvalue weighted by atomic mass is 16.5. The largest absolute Gasteiger partial charge is 0.380 e. The first-order valence-corrected chi connectivity index (χ1v) is 6.81. The summed E-state index contributed by atoms with van der Waals surface area (Å²) in [7, 11) is 0. The third-order valence-corrected chi connectivity index (χ3v) is 2.82. The highest BCUT2D eigenvalue weighted by Crippen LogP contribution is 2.21. The van der Waals surface area contributed by atoms with Crippen molar-refractivity contribution in [1.29, 1.82) is 0 Å². The molecular formula is C15H24N2O2. The minimum absolute atomic E-state index is 0.0252. The molecule has 2 N–H and O–H groups in total. The van der Waals surface area contributed by atoms with Gasteiger partial charge in [-0.05, 0) is 38.5 Å². The van der Waals surface area contributed by atoms with Gasteiger partial charge in [0.05, 0.1) is 6.61 Å². The SMILES string of the molecule is CCOCC(C)Nc1cc(NC(=O)CC)ccc1C. The molecule has 1 aromatic carbocycles. The van der Waals surface area contributed by atoms with Gasteiger partial charge >= 0.3 is 0 Å². The predicted octanol–water partition coefficient (Wildman–Crippen LogP) is 3.18. The van der Waals surface area contributed by atoms with Crippen molar-refractivity contribution in [3.8, 4) is 0 Å². The summed E-state index contributed by atoms with van der Waals surface area (Å²) in [6, 6.07) is 6.11. The Morgan fingerprint density at radius 3 is 2.74 bits per heavy atom. The van der Waals surface area contributed by atoms with Gasteiger partial charge in [0.15, 0.2) is 0 Å². The number of aryl methyl sites for hydroxylation is 1. The van der Waals surface area contributed by atoms with E-state index in [1.165, 1.54) is 0 Å². The lowest BCUT2D eigenvalue weighted by atomic mass is 10.1. The van der Waals surface area contributed by atoms with Crippen LogP contribution in [0.15, 0.2) is 18.2 Å². The molecule has 1 unspecified atom stereocenters. The molecule has 19 heavy (non-hydrogen) atoms. The second kappa shape index (κ2) is 7.79. The zero-order chi connectivity index (χ0) is 14.3. The molecule has 4 heteroatoms. The highest BCUT2D eigenvalue weighted by Gasteiger charge is 2.06. The van der Waals surface area contributed by atoms with Gasteiger partial charge in [-0.25, -0.2) is 0 Å². The first-order valence-electron chi connectivity index (χ1n) is 6.81. The highest BCUT2D eigenvalue weighted by molar-refractivity contribution is 5.91. The molecule has 0 fully saturated rings. The monoisotopic (exact) mass is 264 g/mol. The maximum atomic E-state index is 11.4. The van der Waals surface area contributed by atoms with Crippen LogP contribution in [0.2, 0.25) is 0 Å². The summed E-state index contributed by atoms with van der Waals surface area (Å²) < 4.78 is 5.39. The lowest BCUT2D eigenvalue weighted by Gasteiger charge is -2.18. The van der Waals surface area contributed by atoms with Crippen LogP contribution in [0.3, 0.4) is 0 Å². The van der Waals surface area contributed by atoms with Gasteiger partial charge in [-0.1, -0.05) is 13.0 Å². The number of anilines is 2. The van der Waals surface area contributed by atoms with Crippen molar-refractivity contribution in [3.05, 3.63) is 23.8 Å². The van der Waals surface area contributed by atoms with Crippen molar-refractivity contribution < 1.29 is 9.53 Å². The van der Waals surface area contributed by atoms with Crippen LogP contribution in [0.5, 0.6) is 0 Å². The van der Waals surface area contributed by atoms with E-state index in [9.17, 15) is 4.79 Å². The van der Waals surface area contributed by atoms with E-state index in [2.05, 4.69) is 17.6 Å². The van der Waals surface area contributed by atoms with Gasteiger partial charge in [0.25, 0.3) is 0 Å². The summed E-state index contributed by atoms with van der Waals surface area (Å²) in [5.41, 5.74) is 3.00. The maximum Gasteiger partial charge on any atom is 0.224 e. The third-order valence-electron chi connectivity index (χ3n) is 2.82. The molecule has 0 aromatic heterocycles. The molecule has 1 aromatic rings. The lowest BCUT2D eigenvalue weighted by molar-refractivity contribution is -0.115. The average Bonchev–Trinajstić information content (AvgIpc) is 2.40. The van der Waals surface area contributed by atoms with Gasteiger partial charge < -0.3 is 15.4 Å². The summed E-state index contributed by atoms with van der Waals surface area (Å²) in [5, 5.41) is 6.27. The summed E-state index contributed by atoms with van der Waals surface area (Å²) >= 11 is 0. The van der Waals surface area contributed by atoms with Crippen molar-refractivity contribution in [2.45, 2.75) is 40.2 Å². The average molecular weight is 264 g/mol. The molecule has 1 amide bonds. The van der Waals surface area contributed by atoms with Crippen molar-refractivity contribution in [2.24, 2.45) is 0 Å². The van der Waals surface area contributed by atoms with E-state index in [-0.39, 0.29) is 11.9 Å². The maximum absolute atomic E-state index is 11.4. The number of rotatable bonds is 7. The first-order chi connectivity index (χ1) is 9.06. The smallest absolute Gasteiger partial charge is 0.224 e. The Morgan fingerprint density at radius 1 is 1.37 bits per heavy atom. The van der Waals surface area contributed by atoms with Gasteiger partial charge in [0.1, 0.15) is 0 Å². The Kier molecular flexibility index (Phi) is 6.36. The van der Waals surface area contributed by atoms with Gasteiger partial charge in [-0.15, -0.1) is 0 Å². The Balaban J connectivity index is 2.71. The number of nitrogens with one attached hydrogen (secondary N) is 2. The van der Waals surface area contributed by atoms with E-state index < -0.39 is 0 Å². The van der Waals surface area contributed by atoms with Gasteiger partial charge in [-0.3, -0.25) is 4.79 Å². The Bertz CT molecular complexity index is 419. The molecule has 0 aliphatic heterocycles. The second-order valence-corrected chi connectivity index (χ2v) is 4.64. The molecule has 0 aliphatic carbocycles. The fourth-order valence-corrected chi connectivity index (χ4v) is 1.71. The third kappa shape index (κ3) is 5.30. The minimum atomic E-state index is 0.0252. The van der Waals surface area contributed by atoms with Crippen molar-refractivity contribution in [2.75, 3.05) is 23.8 Å². The quantitative estimate of drug-likeness (QED) is 0.795. The number of ether oxygens (including phenoxy) is 1. The van der Waals surface area contributed by atoms with Gasteiger partial charge in [0, 0.05) is 30.4 Å². The van der Waals surface area contributed by atoms with E-state index in [1.54, 1.807) is 0 Å². The molecular weight excluding hydrogens is 240 g/mol. The fourth-order valence-electron chi connectivity index (χ4n) is 1.71. The number of amides is 1. The molecule has 1 rings (SSSR count). The zero-order valence-corrected chi connectivity index (χ0v) is 12.2. The van der Waals surface area contributed by atoms with E-state index in [4.69, 9.17) is 4.74 Å². The van der Waals surface area contributed by atoms with Crippen LogP contribution in [0.25, 0.3) is 0 Å². The molecule has 0 saturated heterocycles. The van der Waals surface area contributed by atoms with Gasteiger partial charge in [0.2, 0.25) is 5.91 Å². The van der Waals surface area contributed by atoms with Gasteiger partial charge in [-0.2, -0.15) is 0 Å². The second-order valence-electron chi connectivity index (χ2n) is 4.64. The Labute approximate surface area is 115 Å². The van der Waals surface area contributed by atoms with E-state index in [0.717, 1.165) is 23.5 Å². The first kappa shape index (κ1) is 15.5. The van der Waals surface area contributed by atoms with Crippen LogP contribution >= 0.6 is 0 Å². The molecule has 0 heterocycles. The van der Waals surface area contributed by atoms with E-state index in [0.29, 0.717) is 13.0 Å². The van der Waals surface area contributed by atoms with Crippen LogP contribution in [0.4, 0.5) is 11.4 Å². The van der Waals surface area contributed by atoms with E-state index in [1.807, 2.05) is 39.0 Å². The van der Waals surface area contributed by atoms with Crippen molar-refractivity contribution >= 4 is 17.3 Å². The molecule has 0 radical (unpaired) electrons. The fraction of sp³-hybridized carbons (Fsp3) is 0.533. The number of carbonyl (C=O) groups is 1. The number of benzene rings is 1. The normalized spacial score (nSPS) is 12.0. The van der Waals surface area contributed by atoms with Crippen LogP contribution < -0.4 is 10.6 Å². The predicted molar refractivity (Wildman–Crippen MR) is 79.7 cm³/mol. The summed E-state index contributed by atoms with van der Waals surface area (Å²) in [4.78, 5) is 11.4. The molecule has 0 bridgehead atoms. The molecule has 1 atom stereocenters. The van der Waals surface area contributed by atoms with Crippen molar-refractivity contribution in [1.82, 2.24) is 0 Å². The summed E-state index contributed by atoms with van der Waals surface area (Å²) in [5.74, 6) is 0.0252. The molecule has 0 saturated carbocycles. The summed E-state index contributed by atoms with van der Waals surface area (Å²) in [6.45, 7) is 9.33. The zero-order valence-electron chi connectivity index (χ0n) is 12.2. The van der Waals surface area contributed by atoms with Crippen LogP contribution in [0.1, 0.15) is 32.8 Å². The van der Waals surface area contributed by atoms with Crippen LogP contribution in [-0.2, 0) is 9.53 Å². The minimum Gasteiger partial charge on any atom is -0.380 e. The number of carbonyl (C=O) groups excluding carboxylic acids is 1. The van der Waals surface area contributed by atoms with Crippen LogP contribution in [-0.4, -0.2) is 25.2 Å².